The number of carbonyl (C=O) groups is 1. The molecule has 24 heavy (non-hydrogen) atoms. The Hall–Kier alpha value is -2.60. The fourth-order valence-electron chi connectivity index (χ4n) is 2.86. The van der Waals surface area contributed by atoms with Crippen LogP contribution >= 0.6 is 11.6 Å². The van der Waals surface area contributed by atoms with Crippen molar-refractivity contribution in [2.24, 2.45) is 0 Å². The van der Waals surface area contributed by atoms with Crippen molar-refractivity contribution < 1.29 is 4.79 Å². The number of Topliss-reactive ketones (excluding diaryl/α,β-unsaturated/α-hetero) is 1. The number of aromatic nitrogens is 5. The summed E-state index contributed by atoms with van der Waals surface area (Å²) in [4.78, 5) is 29.3. The molecule has 1 atom stereocenters. The fraction of sp³-hybridized carbons (Fsp3) is 0.235. The Morgan fingerprint density at radius 3 is 2.62 bits per heavy atom. The second kappa shape index (κ2) is 6.49. The van der Waals surface area contributed by atoms with Crippen molar-refractivity contribution in [3.63, 3.8) is 0 Å². The molecule has 0 radical (unpaired) electrons. The van der Waals surface area contributed by atoms with Crippen LogP contribution in [-0.2, 0) is 4.79 Å². The van der Waals surface area contributed by atoms with Gasteiger partial charge in [-0.3, -0.25) is 14.3 Å². The number of nitrogens with zero attached hydrogens (tertiary/aromatic N) is 5. The molecule has 0 saturated carbocycles. The molecular weight excluding hydrogens is 326 g/mol. The Balaban J connectivity index is 2.16. The van der Waals surface area contributed by atoms with E-state index in [9.17, 15) is 4.79 Å². The lowest BCUT2D eigenvalue weighted by molar-refractivity contribution is -0.117. The van der Waals surface area contributed by atoms with Crippen LogP contribution in [0.15, 0.2) is 36.9 Å². The molecule has 0 amide bonds. The van der Waals surface area contributed by atoms with Gasteiger partial charge in [0.1, 0.15) is 16.8 Å². The van der Waals surface area contributed by atoms with Gasteiger partial charge in [-0.2, -0.15) is 0 Å². The van der Waals surface area contributed by atoms with Crippen LogP contribution in [0.1, 0.15) is 35.6 Å². The molecule has 0 aliphatic rings. The van der Waals surface area contributed by atoms with E-state index in [2.05, 4.69) is 19.9 Å². The van der Waals surface area contributed by atoms with E-state index in [1.807, 2.05) is 18.4 Å². The van der Waals surface area contributed by atoms with Gasteiger partial charge < -0.3 is 0 Å². The van der Waals surface area contributed by atoms with Crippen molar-refractivity contribution in [3.8, 4) is 5.82 Å². The summed E-state index contributed by atoms with van der Waals surface area (Å²) in [5.41, 5.74) is 2.31. The Morgan fingerprint density at radius 1 is 1.21 bits per heavy atom. The maximum absolute atomic E-state index is 12.3. The SMILES string of the molecule is CC(=O)C(c1ccnc(Cl)c1)c1nc(C)n(-c2cnccn2)c1C. The zero-order valence-electron chi connectivity index (χ0n) is 13.6. The molecule has 7 heteroatoms. The van der Waals surface area contributed by atoms with Crippen LogP contribution in [0.5, 0.6) is 0 Å². The van der Waals surface area contributed by atoms with Crippen LogP contribution in [0.25, 0.3) is 5.82 Å². The third-order valence-corrected chi connectivity index (χ3v) is 4.06. The van der Waals surface area contributed by atoms with E-state index in [0.29, 0.717) is 16.7 Å². The van der Waals surface area contributed by atoms with E-state index in [4.69, 9.17) is 11.6 Å². The number of imidazole rings is 1. The lowest BCUT2D eigenvalue weighted by Crippen LogP contribution is -2.13. The van der Waals surface area contributed by atoms with E-state index in [1.165, 1.54) is 0 Å². The Labute approximate surface area is 144 Å². The standard InChI is InChI=1S/C17H16ClN5O/c1-10-17(16(11(2)24)13-4-5-20-14(18)8-13)22-12(3)23(10)15-9-19-6-7-21-15/h4-9,16H,1-3H3. The molecule has 0 aromatic carbocycles. The molecule has 0 spiro atoms. The van der Waals surface area contributed by atoms with E-state index < -0.39 is 5.92 Å². The van der Waals surface area contributed by atoms with Crippen LogP contribution < -0.4 is 0 Å². The van der Waals surface area contributed by atoms with Crippen molar-refractivity contribution in [1.82, 2.24) is 24.5 Å². The summed E-state index contributed by atoms with van der Waals surface area (Å²) in [6.45, 7) is 5.35. The zero-order valence-corrected chi connectivity index (χ0v) is 14.3. The summed E-state index contributed by atoms with van der Waals surface area (Å²) in [6, 6.07) is 3.48. The highest BCUT2D eigenvalue weighted by Crippen LogP contribution is 2.30. The second-order valence-electron chi connectivity index (χ2n) is 5.48. The third kappa shape index (κ3) is 2.92. The molecule has 6 nitrogen and oxygen atoms in total. The number of rotatable bonds is 4. The normalized spacial score (nSPS) is 12.2. The molecule has 0 N–H and O–H groups in total. The van der Waals surface area contributed by atoms with E-state index in [1.54, 1.807) is 43.8 Å². The van der Waals surface area contributed by atoms with E-state index >= 15 is 0 Å². The summed E-state index contributed by atoms with van der Waals surface area (Å²) in [5.74, 6) is 0.905. The van der Waals surface area contributed by atoms with Crippen molar-refractivity contribution in [2.75, 3.05) is 0 Å². The average molecular weight is 342 g/mol. The predicted octanol–water partition coefficient (Wildman–Crippen LogP) is 3.05. The maximum Gasteiger partial charge on any atom is 0.156 e. The molecule has 0 saturated heterocycles. The van der Waals surface area contributed by atoms with Gasteiger partial charge in [-0.15, -0.1) is 0 Å². The van der Waals surface area contributed by atoms with Crippen LogP contribution in [0.4, 0.5) is 0 Å². The summed E-state index contributed by atoms with van der Waals surface area (Å²) < 4.78 is 1.89. The van der Waals surface area contributed by atoms with Gasteiger partial charge in [-0.25, -0.2) is 15.0 Å². The number of aryl methyl sites for hydroxylation is 1. The van der Waals surface area contributed by atoms with Crippen LogP contribution in [-0.4, -0.2) is 30.3 Å². The number of hydrogen-bond acceptors (Lipinski definition) is 5. The molecule has 3 heterocycles. The molecule has 3 aromatic rings. The fourth-order valence-corrected chi connectivity index (χ4v) is 3.04. The minimum absolute atomic E-state index is 0.0100. The average Bonchev–Trinajstić information content (AvgIpc) is 2.83. The number of halogens is 1. The van der Waals surface area contributed by atoms with Crippen molar-refractivity contribution in [1.29, 1.82) is 0 Å². The van der Waals surface area contributed by atoms with Gasteiger partial charge >= 0.3 is 0 Å². The lowest BCUT2D eigenvalue weighted by Gasteiger charge is -2.14. The van der Waals surface area contributed by atoms with Crippen LogP contribution in [0.2, 0.25) is 5.15 Å². The van der Waals surface area contributed by atoms with Gasteiger partial charge in [0.05, 0.1) is 17.8 Å². The third-order valence-electron chi connectivity index (χ3n) is 3.85. The Bertz CT molecular complexity index is 891. The van der Waals surface area contributed by atoms with Crippen molar-refractivity contribution >= 4 is 17.4 Å². The van der Waals surface area contributed by atoms with Gasteiger partial charge in [0.15, 0.2) is 5.82 Å². The molecule has 122 valence electrons. The highest BCUT2D eigenvalue weighted by Gasteiger charge is 2.26. The molecular formula is C17H16ClN5O. The molecule has 0 bridgehead atoms. The number of ketones is 1. The highest BCUT2D eigenvalue weighted by atomic mass is 35.5. The quantitative estimate of drug-likeness (QED) is 0.682. The van der Waals surface area contributed by atoms with Gasteiger partial charge in [0.25, 0.3) is 0 Å². The number of carbonyl (C=O) groups excluding carboxylic acids is 1. The number of pyridine rings is 1. The van der Waals surface area contributed by atoms with Gasteiger partial charge in [-0.1, -0.05) is 11.6 Å². The van der Waals surface area contributed by atoms with E-state index in [-0.39, 0.29) is 5.78 Å². The summed E-state index contributed by atoms with van der Waals surface area (Å²) >= 11 is 5.99. The topological polar surface area (TPSA) is 73.6 Å². The first-order valence-corrected chi connectivity index (χ1v) is 7.81. The number of hydrogen-bond donors (Lipinski definition) is 0. The Kier molecular flexibility index (Phi) is 4.40. The molecule has 0 fully saturated rings. The highest BCUT2D eigenvalue weighted by molar-refractivity contribution is 6.29. The Morgan fingerprint density at radius 2 is 2.00 bits per heavy atom. The van der Waals surface area contributed by atoms with Crippen LogP contribution in [0, 0.1) is 13.8 Å². The predicted molar refractivity (Wildman–Crippen MR) is 90.4 cm³/mol. The van der Waals surface area contributed by atoms with E-state index in [0.717, 1.165) is 17.1 Å². The first kappa shape index (κ1) is 16.3. The smallest absolute Gasteiger partial charge is 0.156 e. The molecule has 1 unspecified atom stereocenters. The largest absolute Gasteiger partial charge is 0.299 e. The minimum atomic E-state index is -0.498. The van der Waals surface area contributed by atoms with Gasteiger partial charge in [-0.05, 0) is 38.5 Å². The van der Waals surface area contributed by atoms with Crippen molar-refractivity contribution in [3.05, 3.63) is 64.8 Å². The first-order chi connectivity index (χ1) is 11.5. The maximum atomic E-state index is 12.3. The monoisotopic (exact) mass is 341 g/mol. The van der Waals surface area contributed by atoms with Gasteiger partial charge in [0, 0.05) is 24.3 Å². The molecule has 0 aliphatic carbocycles. The molecule has 0 aliphatic heterocycles. The van der Waals surface area contributed by atoms with Crippen LogP contribution in [0.3, 0.4) is 0 Å². The summed E-state index contributed by atoms with van der Waals surface area (Å²) in [5, 5.41) is 0.349. The lowest BCUT2D eigenvalue weighted by atomic mass is 9.92. The summed E-state index contributed by atoms with van der Waals surface area (Å²) in [7, 11) is 0. The molecule has 3 aromatic heterocycles. The molecule has 3 rings (SSSR count). The minimum Gasteiger partial charge on any atom is -0.299 e. The zero-order chi connectivity index (χ0) is 17.3. The first-order valence-electron chi connectivity index (χ1n) is 7.43. The van der Waals surface area contributed by atoms with Gasteiger partial charge in [0.2, 0.25) is 0 Å². The van der Waals surface area contributed by atoms with Crippen molar-refractivity contribution in [2.45, 2.75) is 26.7 Å². The second-order valence-corrected chi connectivity index (χ2v) is 5.87. The summed E-state index contributed by atoms with van der Waals surface area (Å²) in [6.07, 6.45) is 6.50.